The maximum Gasteiger partial charge on any atom is 0.258 e. The molecule has 0 bridgehead atoms. The third-order valence-electron chi connectivity index (χ3n) is 2.57. The van der Waals surface area contributed by atoms with Gasteiger partial charge in [-0.3, -0.25) is 0 Å². The minimum absolute atomic E-state index is 0.501. The summed E-state index contributed by atoms with van der Waals surface area (Å²) in [6, 6.07) is 15.6. The molecular weight excluding hydrogens is 372 g/mol. The van der Waals surface area contributed by atoms with E-state index in [1.807, 2.05) is 48.5 Å². The van der Waals surface area contributed by atoms with Crippen LogP contribution in [0.1, 0.15) is 0 Å². The number of aromatic nitrogens is 2. The molecule has 0 spiro atoms. The van der Waals surface area contributed by atoms with Crippen molar-refractivity contribution >= 4 is 31.9 Å². The summed E-state index contributed by atoms with van der Waals surface area (Å²) < 4.78 is 7.22. The highest BCUT2D eigenvalue weighted by Gasteiger charge is 2.11. The minimum Gasteiger partial charge on any atom is -0.334 e. The Hall–Kier alpha value is -1.46. The summed E-state index contributed by atoms with van der Waals surface area (Å²) in [6.45, 7) is 0. The first-order chi connectivity index (χ1) is 9.22. The molecular formula is C14H8Br2N2O. The van der Waals surface area contributed by atoms with Gasteiger partial charge in [0.05, 0.1) is 0 Å². The van der Waals surface area contributed by atoms with E-state index in [2.05, 4.69) is 42.0 Å². The van der Waals surface area contributed by atoms with Crippen molar-refractivity contribution in [2.45, 2.75) is 0 Å². The van der Waals surface area contributed by atoms with Gasteiger partial charge in [-0.25, -0.2) is 0 Å². The van der Waals surface area contributed by atoms with Crippen molar-refractivity contribution < 1.29 is 4.52 Å². The molecule has 1 aromatic heterocycles. The molecule has 0 radical (unpaired) electrons. The van der Waals surface area contributed by atoms with Crippen molar-refractivity contribution in [3.63, 3.8) is 0 Å². The van der Waals surface area contributed by atoms with E-state index < -0.39 is 0 Å². The average molecular weight is 380 g/mol. The maximum absolute atomic E-state index is 5.31. The zero-order valence-electron chi connectivity index (χ0n) is 9.68. The molecule has 0 atom stereocenters. The molecule has 19 heavy (non-hydrogen) atoms. The second kappa shape index (κ2) is 5.27. The molecule has 0 aliphatic rings. The molecule has 0 aliphatic heterocycles. The van der Waals surface area contributed by atoms with Crippen molar-refractivity contribution in [3.05, 3.63) is 57.5 Å². The van der Waals surface area contributed by atoms with Gasteiger partial charge < -0.3 is 4.52 Å². The maximum atomic E-state index is 5.31. The Morgan fingerprint density at radius 1 is 0.842 bits per heavy atom. The van der Waals surface area contributed by atoms with Crippen molar-refractivity contribution in [1.29, 1.82) is 0 Å². The van der Waals surface area contributed by atoms with Crippen LogP contribution in [0.2, 0.25) is 0 Å². The first-order valence-electron chi connectivity index (χ1n) is 5.58. The van der Waals surface area contributed by atoms with E-state index in [4.69, 9.17) is 4.52 Å². The topological polar surface area (TPSA) is 38.9 Å². The number of hydrogen-bond donors (Lipinski definition) is 0. The summed E-state index contributed by atoms with van der Waals surface area (Å²) in [5.41, 5.74) is 1.81. The smallest absolute Gasteiger partial charge is 0.258 e. The molecule has 3 rings (SSSR count). The standard InChI is InChI=1S/C14H8Br2N2O/c15-11-6-10(7-12(16)8-11)14-17-13(18-19-14)9-4-2-1-3-5-9/h1-8H. The van der Waals surface area contributed by atoms with Gasteiger partial charge in [0.2, 0.25) is 5.82 Å². The normalized spacial score (nSPS) is 10.6. The van der Waals surface area contributed by atoms with Gasteiger partial charge in [0, 0.05) is 20.1 Å². The summed E-state index contributed by atoms with van der Waals surface area (Å²) in [5, 5.41) is 4.01. The average Bonchev–Trinajstić information content (AvgIpc) is 2.88. The lowest BCUT2D eigenvalue weighted by atomic mass is 10.2. The lowest BCUT2D eigenvalue weighted by Crippen LogP contribution is -1.81. The Morgan fingerprint density at radius 3 is 2.21 bits per heavy atom. The third kappa shape index (κ3) is 2.77. The lowest BCUT2D eigenvalue weighted by Gasteiger charge is -1.97. The molecule has 1 heterocycles. The van der Waals surface area contributed by atoms with Gasteiger partial charge in [-0.2, -0.15) is 4.98 Å². The Balaban J connectivity index is 2.02. The highest BCUT2D eigenvalue weighted by molar-refractivity contribution is 9.11. The molecule has 0 aliphatic carbocycles. The highest BCUT2D eigenvalue weighted by atomic mass is 79.9. The zero-order valence-corrected chi connectivity index (χ0v) is 12.8. The van der Waals surface area contributed by atoms with Gasteiger partial charge in [-0.1, -0.05) is 67.3 Å². The Labute approximate surface area is 126 Å². The third-order valence-corrected chi connectivity index (χ3v) is 3.48. The van der Waals surface area contributed by atoms with E-state index in [0.29, 0.717) is 11.7 Å². The highest BCUT2D eigenvalue weighted by Crippen LogP contribution is 2.28. The summed E-state index contributed by atoms with van der Waals surface area (Å²) in [7, 11) is 0. The number of halogens is 2. The molecule has 2 aromatic carbocycles. The van der Waals surface area contributed by atoms with E-state index in [9.17, 15) is 0 Å². The van der Waals surface area contributed by atoms with E-state index in [-0.39, 0.29) is 0 Å². The fourth-order valence-corrected chi connectivity index (χ4v) is 3.02. The van der Waals surface area contributed by atoms with E-state index in [1.54, 1.807) is 0 Å². The van der Waals surface area contributed by atoms with Crippen LogP contribution in [-0.4, -0.2) is 10.1 Å². The van der Waals surface area contributed by atoms with Crippen LogP contribution in [0.15, 0.2) is 62.0 Å². The van der Waals surface area contributed by atoms with Gasteiger partial charge >= 0.3 is 0 Å². The van der Waals surface area contributed by atoms with Crippen molar-refractivity contribution in [3.8, 4) is 22.8 Å². The van der Waals surface area contributed by atoms with Crippen LogP contribution >= 0.6 is 31.9 Å². The van der Waals surface area contributed by atoms with Gasteiger partial charge in [0.15, 0.2) is 0 Å². The zero-order chi connectivity index (χ0) is 13.2. The Bertz CT molecular complexity index is 690. The summed E-state index contributed by atoms with van der Waals surface area (Å²) in [4.78, 5) is 4.41. The molecule has 3 nitrogen and oxygen atoms in total. The monoisotopic (exact) mass is 378 g/mol. The molecule has 0 unspecified atom stereocenters. The second-order valence-corrected chi connectivity index (χ2v) is 5.78. The van der Waals surface area contributed by atoms with Crippen LogP contribution in [0.25, 0.3) is 22.8 Å². The molecule has 3 aromatic rings. The molecule has 94 valence electrons. The SMILES string of the molecule is Brc1cc(Br)cc(-c2nc(-c3ccccc3)no2)c1. The van der Waals surface area contributed by atoms with Crippen LogP contribution in [0.4, 0.5) is 0 Å². The van der Waals surface area contributed by atoms with E-state index >= 15 is 0 Å². The molecule has 5 heteroatoms. The van der Waals surface area contributed by atoms with Crippen LogP contribution in [0, 0.1) is 0 Å². The van der Waals surface area contributed by atoms with Crippen LogP contribution in [-0.2, 0) is 0 Å². The predicted molar refractivity (Wildman–Crippen MR) is 80.6 cm³/mol. The largest absolute Gasteiger partial charge is 0.334 e. The van der Waals surface area contributed by atoms with Crippen LogP contribution in [0.3, 0.4) is 0 Å². The fourth-order valence-electron chi connectivity index (χ4n) is 1.72. The van der Waals surface area contributed by atoms with Crippen molar-refractivity contribution in [2.75, 3.05) is 0 Å². The summed E-state index contributed by atoms with van der Waals surface area (Å²) >= 11 is 6.88. The molecule has 0 N–H and O–H groups in total. The number of hydrogen-bond acceptors (Lipinski definition) is 3. The predicted octanol–water partition coefficient (Wildman–Crippen LogP) is 4.93. The number of benzene rings is 2. The lowest BCUT2D eigenvalue weighted by molar-refractivity contribution is 0.432. The van der Waals surface area contributed by atoms with E-state index in [0.717, 1.165) is 20.1 Å². The quantitative estimate of drug-likeness (QED) is 0.633. The van der Waals surface area contributed by atoms with Crippen molar-refractivity contribution in [2.24, 2.45) is 0 Å². The van der Waals surface area contributed by atoms with E-state index in [1.165, 1.54) is 0 Å². The number of rotatable bonds is 2. The molecule has 0 saturated carbocycles. The first-order valence-corrected chi connectivity index (χ1v) is 7.16. The van der Waals surface area contributed by atoms with Gasteiger partial charge in [-0.15, -0.1) is 0 Å². The molecule has 0 amide bonds. The van der Waals surface area contributed by atoms with Gasteiger partial charge in [0.1, 0.15) is 0 Å². The molecule has 0 saturated heterocycles. The fraction of sp³-hybridized carbons (Fsp3) is 0. The van der Waals surface area contributed by atoms with Crippen molar-refractivity contribution in [1.82, 2.24) is 10.1 Å². The Kier molecular flexibility index (Phi) is 3.48. The Morgan fingerprint density at radius 2 is 1.53 bits per heavy atom. The van der Waals surface area contributed by atoms with Gasteiger partial charge in [-0.05, 0) is 18.2 Å². The minimum atomic E-state index is 0.501. The van der Waals surface area contributed by atoms with Gasteiger partial charge in [0.25, 0.3) is 5.89 Å². The number of nitrogens with zero attached hydrogens (tertiary/aromatic N) is 2. The second-order valence-electron chi connectivity index (χ2n) is 3.95. The van der Waals surface area contributed by atoms with Crippen LogP contribution < -0.4 is 0 Å². The summed E-state index contributed by atoms with van der Waals surface area (Å²) in [5.74, 6) is 1.09. The van der Waals surface area contributed by atoms with Crippen LogP contribution in [0.5, 0.6) is 0 Å². The summed E-state index contributed by atoms with van der Waals surface area (Å²) in [6.07, 6.45) is 0. The molecule has 0 fully saturated rings. The first kappa shape index (κ1) is 12.6.